The number of nitrogens with zero attached hydrogens (tertiary/aromatic N) is 2. The second kappa shape index (κ2) is 4.71. The van der Waals surface area contributed by atoms with Crippen molar-refractivity contribution in [2.45, 2.75) is 26.8 Å². The summed E-state index contributed by atoms with van der Waals surface area (Å²) < 4.78 is 0. The van der Waals surface area contributed by atoms with E-state index in [0.29, 0.717) is 5.95 Å². The van der Waals surface area contributed by atoms with Gasteiger partial charge in [0.15, 0.2) is 0 Å². The van der Waals surface area contributed by atoms with E-state index in [4.69, 9.17) is 5.73 Å². The smallest absolute Gasteiger partial charge is 0.222 e. The van der Waals surface area contributed by atoms with E-state index in [-0.39, 0.29) is 6.04 Å². The van der Waals surface area contributed by atoms with Crippen LogP contribution in [0.25, 0.3) is 0 Å². The fourth-order valence-electron chi connectivity index (χ4n) is 1.64. The van der Waals surface area contributed by atoms with Crippen molar-refractivity contribution in [1.82, 2.24) is 9.97 Å². The maximum Gasteiger partial charge on any atom is 0.222 e. The van der Waals surface area contributed by atoms with E-state index in [2.05, 4.69) is 41.3 Å². The molecule has 2 rings (SSSR count). The monoisotopic (exact) mass is 248 g/mol. The molecule has 1 unspecified atom stereocenters. The zero-order valence-electron chi connectivity index (χ0n) is 10.2. The van der Waals surface area contributed by atoms with Crippen LogP contribution in [0.1, 0.15) is 28.4 Å². The van der Waals surface area contributed by atoms with Crippen molar-refractivity contribution in [3.63, 3.8) is 0 Å². The van der Waals surface area contributed by atoms with E-state index in [0.717, 1.165) is 11.5 Å². The van der Waals surface area contributed by atoms with Gasteiger partial charge in [-0.05, 0) is 32.9 Å². The minimum atomic E-state index is 0.224. The molecule has 3 N–H and O–H groups in total. The lowest BCUT2D eigenvalue weighted by Crippen LogP contribution is -2.08. The molecular formula is C12H16N4S. The van der Waals surface area contributed by atoms with Crippen molar-refractivity contribution in [2.24, 2.45) is 0 Å². The molecule has 0 amide bonds. The number of nitrogen functional groups attached to an aromatic ring is 1. The van der Waals surface area contributed by atoms with Crippen LogP contribution < -0.4 is 11.1 Å². The Hall–Kier alpha value is -1.62. The molecule has 2 heterocycles. The first-order chi connectivity index (χ1) is 8.04. The molecule has 4 nitrogen and oxygen atoms in total. The first-order valence-electron chi connectivity index (χ1n) is 5.48. The lowest BCUT2D eigenvalue weighted by molar-refractivity contribution is 0.892. The first-order valence-corrected chi connectivity index (χ1v) is 6.30. The van der Waals surface area contributed by atoms with Gasteiger partial charge in [0, 0.05) is 21.5 Å². The standard InChI is InChI=1S/C12H16N4S/c1-7-6-11(16-12(13)14-7)15-9(3)10-5-4-8(2)17-10/h4-6,9H,1-3H3,(H3,13,14,15,16). The number of hydrogen-bond acceptors (Lipinski definition) is 5. The van der Waals surface area contributed by atoms with Crippen LogP contribution in [0.5, 0.6) is 0 Å². The molecule has 0 aromatic carbocycles. The van der Waals surface area contributed by atoms with Crippen molar-refractivity contribution in [1.29, 1.82) is 0 Å². The van der Waals surface area contributed by atoms with Crippen molar-refractivity contribution >= 4 is 23.1 Å². The third kappa shape index (κ3) is 2.94. The zero-order chi connectivity index (χ0) is 12.4. The molecule has 17 heavy (non-hydrogen) atoms. The number of anilines is 2. The van der Waals surface area contributed by atoms with Gasteiger partial charge >= 0.3 is 0 Å². The summed E-state index contributed by atoms with van der Waals surface area (Å²) >= 11 is 1.79. The minimum absolute atomic E-state index is 0.224. The average Bonchev–Trinajstić information content (AvgIpc) is 2.63. The van der Waals surface area contributed by atoms with Crippen LogP contribution in [0.4, 0.5) is 11.8 Å². The Balaban J connectivity index is 2.15. The zero-order valence-corrected chi connectivity index (χ0v) is 11.0. The normalized spacial score (nSPS) is 12.4. The molecule has 0 aliphatic rings. The predicted octanol–water partition coefficient (Wildman–Crippen LogP) is 2.91. The highest BCUT2D eigenvalue weighted by atomic mass is 32.1. The quantitative estimate of drug-likeness (QED) is 0.876. The highest BCUT2D eigenvalue weighted by Crippen LogP contribution is 2.25. The van der Waals surface area contributed by atoms with Crippen molar-refractivity contribution < 1.29 is 0 Å². The second-order valence-electron chi connectivity index (χ2n) is 4.07. The molecule has 0 fully saturated rings. The van der Waals surface area contributed by atoms with Crippen LogP contribution in [-0.2, 0) is 0 Å². The largest absolute Gasteiger partial charge is 0.368 e. The van der Waals surface area contributed by atoms with Crippen LogP contribution in [0.15, 0.2) is 18.2 Å². The number of hydrogen-bond donors (Lipinski definition) is 2. The summed E-state index contributed by atoms with van der Waals surface area (Å²) in [6.07, 6.45) is 0. The Labute approximate surface area is 105 Å². The fourth-order valence-corrected chi connectivity index (χ4v) is 2.52. The van der Waals surface area contributed by atoms with E-state index in [1.165, 1.54) is 9.75 Å². The molecule has 0 saturated carbocycles. The Kier molecular flexibility index (Phi) is 3.28. The van der Waals surface area contributed by atoms with Gasteiger partial charge in [0.2, 0.25) is 5.95 Å². The SMILES string of the molecule is Cc1cc(NC(C)c2ccc(C)s2)nc(N)n1. The van der Waals surface area contributed by atoms with Gasteiger partial charge in [-0.3, -0.25) is 0 Å². The fraction of sp³-hybridized carbons (Fsp3) is 0.333. The van der Waals surface area contributed by atoms with E-state index in [9.17, 15) is 0 Å². The molecule has 0 aliphatic heterocycles. The van der Waals surface area contributed by atoms with Crippen LogP contribution in [0.3, 0.4) is 0 Å². The van der Waals surface area contributed by atoms with Crippen LogP contribution in [0, 0.1) is 13.8 Å². The number of aromatic nitrogens is 2. The first kappa shape index (κ1) is 11.9. The summed E-state index contributed by atoms with van der Waals surface area (Å²) in [7, 11) is 0. The third-order valence-electron chi connectivity index (χ3n) is 2.42. The lowest BCUT2D eigenvalue weighted by atomic mass is 10.2. The molecule has 2 aromatic rings. The van der Waals surface area contributed by atoms with Gasteiger partial charge in [-0.2, -0.15) is 4.98 Å². The molecule has 5 heteroatoms. The number of nitrogens with two attached hydrogens (primary N) is 1. The summed E-state index contributed by atoms with van der Waals surface area (Å²) in [6.45, 7) is 6.12. The topological polar surface area (TPSA) is 63.8 Å². The summed E-state index contributed by atoms with van der Waals surface area (Å²) in [5.41, 5.74) is 6.49. The molecule has 2 aromatic heterocycles. The van der Waals surface area contributed by atoms with Gasteiger partial charge in [-0.25, -0.2) is 4.98 Å². The predicted molar refractivity (Wildman–Crippen MR) is 72.3 cm³/mol. The Morgan fingerprint density at radius 2 is 2.06 bits per heavy atom. The van der Waals surface area contributed by atoms with Crippen molar-refractivity contribution in [3.8, 4) is 0 Å². The summed E-state index contributed by atoms with van der Waals surface area (Å²) in [5.74, 6) is 1.08. The van der Waals surface area contributed by atoms with Gasteiger partial charge in [0.1, 0.15) is 5.82 Å². The van der Waals surface area contributed by atoms with E-state index >= 15 is 0 Å². The van der Waals surface area contributed by atoms with Crippen molar-refractivity contribution in [2.75, 3.05) is 11.1 Å². The van der Waals surface area contributed by atoms with Crippen LogP contribution >= 0.6 is 11.3 Å². The maximum atomic E-state index is 5.62. The molecule has 90 valence electrons. The summed E-state index contributed by atoms with van der Waals surface area (Å²) in [6, 6.07) is 6.38. The third-order valence-corrected chi connectivity index (χ3v) is 3.61. The molecule has 0 radical (unpaired) electrons. The number of aryl methyl sites for hydroxylation is 2. The number of rotatable bonds is 3. The van der Waals surface area contributed by atoms with E-state index < -0.39 is 0 Å². The Bertz CT molecular complexity index is 501. The second-order valence-corrected chi connectivity index (χ2v) is 5.39. The van der Waals surface area contributed by atoms with E-state index in [1.54, 1.807) is 11.3 Å². The Morgan fingerprint density at radius 3 is 2.65 bits per heavy atom. The van der Waals surface area contributed by atoms with Crippen LogP contribution in [-0.4, -0.2) is 9.97 Å². The Morgan fingerprint density at radius 1 is 1.29 bits per heavy atom. The lowest BCUT2D eigenvalue weighted by Gasteiger charge is -2.13. The molecule has 0 saturated heterocycles. The molecule has 0 bridgehead atoms. The maximum absolute atomic E-state index is 5.62. The molecular weight excluding hydrogens is 232 g/mol. The van der Waals surface area contributed by atoms with Crippen molar-refractivity contribution in [3.05, 3.63) is 33.6 Å². The average molecular weight is 248 g/mol. The van der Waals surface area contributed by atoms with Crippen LogP contribution in [0.2, 0.25) is 0 Å². The molecule has 0 aliphatic carbocycles. The molecule has 0 spiro atoms. The highest BCUT2D eigenvalue weighted by molar-refractivity contribution is 7.12. The van der Waals surface area contributed by atoms with Gasteiger partial charge in [-0.15, -0.1) is 11.3 Å². The minimum Gasteiger partial charge on any atom is -0.368 e. The number of nitrogens with one attached hydrogen (secondary N) is 1. The van der Waals surface area contributed by atoms with E-state index in [1.807, 2.05) is 13.0 Å². The summed E-state index contributed by atoms with van der Waals surface area (Å²) in [5, 5.41) is 3.33. The number of thiophene rings is 1. The van der Waals surface area contributed by atoms with Gasteiger partial charge in [0.25, 0.3) is 0 Å². The van der Waals surface area contributed by atoms with Gasteiger partial charge < -0.3 is 11.1 Å². The highest BCUT2D eigenvalue weighted by Gasteiger charge is 2.09. The van der Waals surface area contributed by atoms with Gasteiger partial charge in [-0.1, -0.05) is 0 Å². The molecule has 1 atom stereocenters. The summed E-state index contributed by atoms with van der Waals surface area (Å²) in [4.78, 5) is 10.8. The van der Waals surface area contributed by atoms with Gasteiger partial charge in [0.05, 0.1) is 6.04 Å².